The third-order valence-electron chi connectivity index (χ3n) is 3.59. The standard InChI is InChI=1S/C18H19N3O4/c1-2-24-17(22)16-8-7-14(25-16)11-20-18(23)19-10-13-9-12-5-3-4-6-15(12)21-13/h3-9,21H,2,10-11H2,1H3,(H2,19,20,23). The molecule has 7 nitrogen and oxygen atoms in total. The summed E-state index contributed by atoms with van der Waals surface area (Å²) >= 11 is 0. The fourth-order valence-electron chi connectivity index (χ4n) is 2.42. The quantitative estimate of drug-likeness (QED) is 0.601. The number of urea groups is 1. The molecule has 0 radical (unpaired) electrons. The molecule has 1 aromatic carbocycles. The van der Waals surface area contributed by atoms with E-state index < -0.39 is 5.97 Å². The minimum Gasteiger partial charge on any atom is -0.460 e. The van der Waals surface area contributed by atoms with Crippen LogP contribution in [0, 0.1) is 0 Å². The van der Waals surface area contributed by atoms with Crippen molar-refractivity contribution in [3.8, 4) is 0 Å². The molecule has 0 saturated heterocycles. The lowest BCUT2D eigenvalue weighted by Gasteiger charge is -2.05. The summed E-state index contributed by atoms with van der Waals surface area (Å²) in [6.45, 7) is 2.56. The van der Waals surface area contributed by atoms with E-state index in [1.165, 1.54) is 6.07 Å². The van der Waals surface area contributed by atoms with Crippen molar-refractivity contribution >= 4 is 22.9 Å². The highest BCUT2D eigenvalue weighted by atomic mass is 16.5. The van der Waals surface area contributed by atoms with Crippen LogP contribution in [0.25, 0.3) is 10.9 Å². The number of furan rings is 1. The maximum absolute atomic E-state index is 11.9. The van der Waals surface area contributed by atoms with Crippen molar-refractivity contribution in [3.05, 3.63) is 59.7 Å². The summed E-state index contributed by atoms with van der Waals surface area (Å²) in [4.78, 5) is 26.6. The minimum atomic E-state index is -0.517. The van der Waals surface area contributed by atoms with E-state index in [1.807, 2.05) is 30.3 Å². The zero-order chi connectivity index (χ0) is 17.6. The topological polar surface area (TPSA) is 96.4 Å². The Morgan fingerprint density at radius 2 is 1.92 bits per heavy atom. The number of rotatable bonds is 6. The molecule has 3 N–H and O–H groups in total. The third-order valence-corrected chi connectivity index (χ3v) is 3.59. The van der Waals surface area contributed by atoms with Gasteiger partial charge in [-0.3, -0.25) is 0 Å². The minimum absolute atomic E-state index is 0.122. The number of amides is 2. The number of aromatic amines is 1. The van der Waals surface area contributed by atoms with Gasteiger partial charge in [-0.1, -0.05) is 18.2 Å². The van der Waals surface area contributed by atoms with Gasteiger partial charge >= 0.3 is 12.0 Å². The zero-order valence-electron chi connectivity index (χ0n) is 13.8. The molecular weight excluding hydrogens is 322 g/mol. The van der Waals surface area contributed by atoms with Crippen LogP contribution in [0.3, 0.4) is 0 Å². The van der Waals surface area contributed by atoms with E-state index in [9.17, 15) is 9.59 Å². The molecule has 0 spiro atoms. The number of para-hydroxylation sites is 1. The van der Waals surface area contributed by atoms with Crippen LogP contribution in [0.2, 0.25) is 0 Å². The molecule has 3 aromatic rings. The molecular formula is C18H19N3O4. The zero-order valence-corrected chi connectivity index (χ0v) is 13.8. The number of esters is 1. The first-order chi connectivity index (χ1) is 12.2. The average molecular weight is 341 g/mol. The van der Waals surface area contributed by atoms with Crippen molar-refractivity contribution in [2.24, 2.45) is 0 Å². The van der Waals surface area contributed by atoms with Gasteiger partial charge in [0.05, 0.1) is 19.7 Å². The van der Waals surface area contributed by atoms with Gasteiger partial charge in [0.15, 0.2) is 0 Å². The number of aromatic nitrogens is 1. The molecule has 2 heterocycles. The van der Waals surface area contributed by atoms with Gasteiger partial charge in [-0.25, -0.2) is 9.59 Å². The molecule has 0 fully saturated rings. The SMILES string of the molecule is CCOC(=O)c1ccc(CNC(=O)NCc2cc3ccccc3[nH]2)o1. The Bertz CT molecular complexity index is 848. The van der Waals surface area contributed by atoms with Crippen LogP contribution in [0.15, 0.2) is 46.9 Å². The van der Waals surface area contributed by atoms with Gasteiger partial charge in [0.1, 0.15) is 5.76 Å². The van der Waals surface area contributed by atoms with E-state index in [1.54, 1.807) is 13.0 Å². The molecule has 0 bridgehead atoms. The molecule has 3 rings (SSSR count). The number of H-pyrrole nitrogens is 1. The highest BCUT2D eigenvalue weighted by molar-refractivity contribution is 5.86. The number of carbonyl (C=O) groups is 2. The molecule has 0 aliphatic rings. The van der Waals surface area contributed by atoms with Crippen LogP contribution in [-0.2, 0) is 17.8 Å². The van der Waals surface area contributed by atoms with E-state index in [4.69, 9.17) is 9.15 Å². The van der Waals surface area contributed by atoms with Gasteiger partial charge in [-0.05, 0) is 36.6 Å². The summed E-state index contributed by atoms with van der Waals surface area (Å²) in [5.41, 5.74) is 1.95. The summed E-state index contributed by atoms with van der Waals surface area (Å²) in [7, 11) is 0. The van der Waals surface area contributed by atoms with Crippen LogP contribution in [0.4, 0.5) is 4.79 Å². The van der Waals surface area contributed by atoms with Gasteiger partial charge < -0.3 is 24.8 Å². The predicted molar refractivity (Wildman–Crippen MR) is 92.0 cm³/mol. The van der Waals surface area contributed by atoms with Crippen molar-refractivity contribution in [2.75, 3.05) is 6.61 Å². The lowest BCUT2D eigenvalue weighted by Crippen LogP contribution is -2.34. The van der Waals surface area contributed by atoms with Gasteiger partial charge in [0.2, 0.25) is 5.76 Å². The highest BCUT2D eigenvalue weighted by Crippen LogP contribution is 2.14. The lowest BCUT2D eigenvalue weighted by molar-refractivity contribution is 0.0488. The molecule has 25 heavy (non-hydrogen) atoms. The summed E-state index contributed by atoms with van der Waals surface area (Å²) in [6, 6.07) is 12.7. The Kier molecular flexibility index (Phi) is 5.03. The van der Waals surface area contributed by atoms with E-state index in [0.717, 1.165) is 16.6 Å². The smallest absolute Gasteiger partial charge is 0.374 e. The molecule has 0 unspecified atom stereocenters. The maximum atomic E-state index is 11.9. The second-order valence-corrected chi connectivity index (χ2v) is 5.40. The van der Waals surface area contributed by atoms with E-state index in [2.05, 4.69) is 15.6 Å². The number of hydrogen-bond donors (Lipinski definition) is 3. The van der Waals surface area contributed by atoms with Crippen molar-refractivity contribution in [1.82, 2.24) is 15.6 Å². The van der Waals surface area contributed by atoms with Gasteiger partial charge in [0.25, 0.3) is 0 Å². The van der Waals surface area contributed by atoms with Crippen molar-refractivity contribution in [3.63, 3.8) is 0 Å². The number of fused-ring (bicyclic) bond motifs is 1. The highest BCUT2D eigenvalue weighted by Gasteiger charge is 2.12. The van der Waals surface area contributed by atoms with Gasteiger partial charge in [-0.15, -0.1) is 0 Å². The van der Waals surface area contributed by atoms with Crippen molar-refractivity contribution in [2.45, 2.75) is 20.0 Å². The Morgan fingerprint density at radius 3 is 2.72 bits per heavy atom. The first-order valence-corrected chi connectivity index (χ1v) is 8.00. The molecule has 2 aromatic heterocycles. The number of nitrogens with one attached hydrogen (secondary N) is 3. The Balaban J connectivity index is 1.47. The van der Waals surface area contributed by atoms with Crippen LogP contribution in [0.5, 0.6) is 0 Å². The third kappa shape index (κ3) is 4.20. The summed E-state index contributed by atoms with van der Waals surface area (Å²) < 4.78 is 10.2. The fraction of sp³-hybridized carbons (Fsp3) is 0.222. The van der Waals surface area contributed by atoms with Crippen LogP contribution in [0.1, 0.15) is 28.9 Å². The largest absolute Gasteiger partial charge is 0.460 e. The van der Waals surface area contributed by atoms with Gasteiger partial charge in [0, 0.05) is 11.2 Å². The summed E-state index contributed by atoms with van der Waals surface area (Å²) in [5, 5.41) is 6.54. The van der Waals surface area contributed by atoms with Crippen molar-refractivity contribution < 1.29 is 18.7 Å². The maximum Gasteiger partial charge on any atom is 0.374 e. The Hall–Kier alpha value is -3.22. The summed E-state index contributed by atoms with van der Waals surface area (Å²) in [5.74, 6) is 0.0814. The molecule has 0 saturated carbocycles. The second-order valence-electron chi connectivity index (χ2n) is 5.40. The number of ether oxygens (including phenoxy) is 1. The molecule has 0 aliphatic heterocycles. The fourth-order valence-corrected chi connectivity index (χ4v) is 2.42. The predicted octanol–water partition coefficient (Wildman–Crippen LogP) is 2.94. The van der Waals surface area contributed by atoms with E-state index in [-0.39, 0.29) is 24.9 Å². The first-order valence-electron chi connectivity index (χ1n) is 8.00. The second kappa shape index (κ2) is 7.57. The molecule has 0 aliphatic carbocycles. The monoisotopic (exact) mass is 341 g/mol. The van der Waals surface area contributed by atoms with E-state index in [0.29, 0.717) is 12.3 Å². The summed E-state index contributed by atoms with van der Waals surface area (Å²) in [6.07, 6.45) is 0. The molecule has 7 heteroatoms. The first kappa shape index (κ1) is 16.6. The molecule has 2 amide bonds. The Labute approximate surface area is 144 Å². The van der Waals surface area contributed by atoms with E-state index >= 15 is 0 Å². The van der Waals surface area contributed by atoms with Gasteiger partial charge in [-0.2, -0.15) is 0 Å². The number of hydrogen-bond acceptors (Lipinski definition) is 4. The van der Waals surface area contributed by atoms with Crippen LogP contribution < -0.4 is 10.6 Å². The van der Waals surface area contributed by atoms with Crippen LogP contribution in [-0.4, -0.2) is 23.6 Å². The Morgan fingerprint density at radius 1 is 1.12 bits per heavy atom. The molecule has 130 valence electrons. The molecule has 0 atom stereocenters. The van der Waals surface area contributed by atoms with Crippen molar-refractivity contribution in [1.29, 1.82) is 0 Å². The number of benzene rings is 1. The van der Waals surface area contributed by atoms with Crippen LogP contribution >= 0.6 is 0 Å². The average Bonchev–Trinajstić information content (AvgIpc) is 3.24. The number of carbonyl (C=O) groups excluding carboxylic acids is 2. The lowest BCUT2D eigenvalue weighted by atomic mass is 10.2. The normalized spacial score (nSPS) is 10.6.